The van der Waals surface area contributed by atoms with Gasteiger partial charge in [-0.2, -0.15) is 0 Å². The van der Waals surface area contributed by atoms with Crippen LogP contribution in [0.1, 0.15) is 43.2 Å². The number of hydrogen-bond acceptors (Lipinski definition) is 1. The van der Waals surface area contributed by atoms with Gasteiger partial charge in [0.15, 0.2) is 0 Å². The lowest BCUT2D eigenvalue weighted by Gasteiger charge is -2.34. The second-order valence-electron chi connectivity index (χ2n) is 4.65. The number of hydrogen-bond donors (Lipinski definition) is 1. The van der Waals surface area contributed by atoms with E-state index in [1.54, 1.807) is 5.56 Å². The van der Waals surface area contributed by atoms with Gasteiger partial charge in [0.2, 0.25) is 0 Å². The fraction of sp³-hybridized carbons (Fsp3) is 0.538. The average Bonchev–Trinajstić information content (AvgIpc) is 2.60. The molecule has 0 unspecified atom stereocenters. The van der Waals surface area contributed by atoms with Gasteiger partial charge in [0.05, 0.1) is 0 Å². The molecular weight excluding hydrogens is 170 g/mol. The van der Waals surface area contributed by atoms with Crippen LogP contribution in [0.15, 0.2) is 24.3 Å². The zero-order chi connectivity index (χ0) is 9.43. The molecule has 0 saturated heterocycles. The van der Waals surface area contributed by atoms with Crippen LogP contribution >= 0.6 is 0 Å². The monoisotopic (exact) mass is 187 g/mol. The van der Waals surface area contributed by atoms with Crippen molar-refractivity contribution in [3.8, 4) is 0 Å². The zero-order valence-corrected chi connectivity index (χ0v) is 8.55. The molecule has 0 bridgehead atoms. The van der Waals surface area contributed by atoms with E-state index >= 15 is 0 Å². The van der Waals surface area contributed by atoms with Crippen LogP contribution in [0.3, 0.4) is 0 Å². The maximum Gasteiger partial charge on any atom is 0.0440 e. The van der Waals surface area contributed by atoms with Crippen molar-refractivity contribution in [3.63, 3.8) is 0 Å². The van der Waals surface area contributed by atoms with Crippen LogP contribution < -0.4 is 5.32 Å². The SMILES string of the molecule is c1ccc2c(c1)CNC21CCCCC1. The fourth-order valence-electron chi connectivity index (χ4n) is 3.10. The van der Waals surface area contributed by atoms with Crippen LogP contribution in [-0.2, 0) is 12.1 Å². The van der Waals surface area contributed by atoms with Crippen LogP contribution in [0.25, 0.3) is 0 Å². The van der Waals surface area contributed by atoms with Crippen molar-refractivity contribution >= 4 is 0 Å². The summed E-state index contributed by atoms with van der Waals surface area (Å²) in [7, 11) is 0. The molecule has 1 aliphatic heterocycles. The minimum absolute atomic E-state index is 0.356. The van der Waals surface area contributed by atoms with Gasteiger partial charge < -0.3 is 5.32 Å². The molecule has 1 heterocycles. The minimum Gasteiger partial charge on any atom is -0.303 e. The molecule has 1 heteroatoms. The van der Waals surface area contributed by atoms with E-state index < -0.39 is 0 Å². The van der Waals surface area contributed by atoms with E-state index in [0.717, 1.165) is 6.54 Å². The second kappa shape index (κ2) is 3.09. The topological polar surface area (TPSA) is 12.0 Å². The summed E-state index contributed by atoms with van der Waals surface area (Å²) in [5, 5.41) is 3.74. The first kappa shape index (κ1) is 8.49. The molecule has 1 aromatic rings. The zero-order valence-electron chi connectivity index (χ0n) is 8.55. The maximum absolute atomic E-state index is 3.74. The molecule has 1 nitrogen and oxygen atoms in total. The average molecular weight is 187 g/mol. The fourth-order valence-corrected chi connectivity index (χ4v) is 3.10. The molecule has 0 aromatic heterocycles. The molecule has 1 fully saturated rings. The van der Waals surface area contributed by atoms with Gasteiger partial charge >= 0.3 is 0 Å². The van der Waals surface area contributed by atoms with Crippen LogP contribution in [0.2, 0.25) is 0 Å². The molecule has 3 rings (SSSR count). The number of rotatable bonds is 0. The van der Waals surface area contributed by atoms with Crippen molar-refractivity contribution in [2.24, 2.45) is 0 Å². The Bertz CT molecular complexity index is 331. The first-order valence-electron chi connectivity index (χ1n) is 5.74. The molecular formula is C13H17N. The van der Waals surface area contributed by atoms with Crippen LogP contribution in [0, 0.1) is 0 Å². The number of nitrogens with one attached hydrogen (secondary N) is 1. The highest BCUT2D eigenvalue weighted by Gasteiger charge is 2.38. The standard InChI is InChI=1S/C13H17N/c1-4-8-13(9-5-1)12-7-3-2-6-11(12)10-14-13/h2-3,6-7,14H,1,4-5,8-10H2. The Morgan fingerprint density at radius 3 is 2.64 bits per heavy atom. The van der Waals surface area contributed by atoms with Crippen molar-refractivity contribution in [2.75, 3.05) is 0 Å². The Balaban J connectivity index is 2.03. The van der Waals surface area contributed by atoms with E-state index in [1.165, 1.54) is 37.7 Å². The molecule has 2 aliphatic rings. The summed E-state index contributed by atoms with van der Waals surface area (Å²) >= 11 is 0. The highest BCUT2D eigenvalue weighted by molar-refractivity contribution is 5.38. The molecule has 0 radical (unpaired) electrons. The number of benzene rings is 1. The highest BCUT2D eigenvalue weighted by Crippen LogP contribution is 2.42. The summed E-state index contributed by atoms with van der Waals surface area (Å²) in [6, 6.07) is 8.93. The largest absolute Gasteiger partial charge is 0.303 e. The van der Waals surface area contributed by atoms with Gasteiger partial charge in [0, 0.05) is 12.1 Å². The van der Waals surface area contributed by atoms with Gasteiger partial charge in [0.25, 0.3) is 0 Å². The van der Waals surface area contributed by atoms with E-state index in [4.69, 9.17) is 0 Å². The molecule has 1 N–H and O–H groups in total. The molecule has 74 valence electrons. The molecule has 0 amide bonds. The Morgan fingerprint density at radius 1 is 1.00 bits per heavy atom. The van der Waals surface area contributed by atoms with E-state index in [2.05, 4.69) is 29.6 Å². The lowest BCUT2D eigenvalue weighted by Crippen LogP contribution is -2.38. The van der Waals surface area contributed by atoms with E-state index in [9.17, 15) is 0 Å². The summed E-state index contributed by atoms with van der Waals surface area (Å²) in [6.45, 7) is 1.08. The summed E-state index contributed by atoms with van der Waals surface area (Å²) in [5.74, 6) is 0. The molecule has 1 saturated carbocycles. The molecule has 1 aromatic carbocycles. The van der Waals surface area contributed by atoms with Crippen LogP contribution in [-0.4, -0.2) is 0 Å². The third-order valence-electron chi connectivity index (χ3n) is 3.86. The predicted molar refractivity (Wildman–Crippen MR) is 58.0 cm³/mol. The summed E-state index contributed by atoms with van der Waals surface area (Å²) in [4.78, 5) is 0. The second-order valence-corrected chi connectivity index (χ2v) is 4.65. The van der Waals surface area contributed by atoms with Crippen molar-refractivity contribution < 1.29 is 0 Å². The molecule has 1 aliphatic carbocycles. The van der Waals surface area contributed by atoms with Gasteiger partial charge in [-0.05, 0) is 24.0 Å². The minimum atomic E-state index is 0.356. The van der Waals surface area contributed by atoms with Gasteiger partial charge in [-0.15, -0.1) is 0 Å². The molecule has 1 spiro atoms. The smallest absolute Gasteiger partial charge is 0.0440 e. The highest BCUT2D eigenvalue weighted by atomic mass is 15.0. The normalized spacial score (nSPS) is 23.7. The third kappa shape index (κ3) is 1.12. The van der Waals surface area contributed by atoms with Gasteiger partial charge in [-0.25, -0.2) is 0 Å². The van der Waals surface area contributed by atoms with Gasteiger partial charge in [-0.1, -0.05) is 43.5 Å². The van der Waals surface area contributed by atoms with E-state index in [-0.39, 0.29) is 0 Å². The first-order chi connectivity index (χ1) is 6.91. The summed E-state index contributed by atoms with van der Waals surface area (Å²) in [5.41, 5.74) is 3.46. The Hall–Kier alpha value is -0.820. The van der Waals surface area contributed by atoms with Crippen LogP contribution in [0.4, 0.5) is 0 Å². The maximum atomic E-state index is 3.74. The molecule has 0 atom stereocenters. The lowest BCUT2D eigenvalue weighted by atomic mass is 9.77. The van der Waals surface area contributed by atoms with E-state index in [1.807, 2.05) is 0 Å². The molecule has 14 heavy (non-hydrogen) atoms. The number of fused-ring (bicyclic) bond motifs is 2. The lowest BCUT2D eigenvalue weighted by molar-refractivity contribution is 0.252. The summed E-state index contributed by atoms with van der Waals surface area (Å²) in [6.07, 6.45) is 6.88. The van der Waals surface area contributed by atoms with Crippen molar-refractivity contribution in [1.82, 2.24) is 5.32 Å². The van der Waals surface area contributed by atoms with E-state index in [0.29, 0.717) is 5.54 Å². The summed E-state index contributed by atoms with van der Waals surface area (Å²) < 4.78 is 0. The van der Waals surface area contributed by atoms with Crippen molar-refractivity contribution in [2.45, 2.75) is 44.2 Å². The quantitative estimate of drug-likeness (QED) is 0.658. The third-order valence-corrected chi connectivity index (χ3v) is 3.86. The van der Waals surface area contributed by atoms with Crippen LogP contribution in [0.5, 0.6) is 0 Å². The Kier molecular flexibility index (Phi) is 1.88. The van der Waals surface area contributed by atoms with Gasteiger partial charge in [0.1, 0.15) is 0 Å². The van der Waals surface area contributed by atoms with Crippen molar-refractivity contribution in [3.05, 3.63) is 35.4 Å². The Labute approximate surface area is 85.5 Å². The predicted octanol–water partition coefficient (Wildman–Crippen LogP) is 2.95. The Morgan fingerprint density at radius 2 is 1.79 bits per heavy atom. The van der Waals surface area contributed by atoms with Gasteiger partial charge in [-0.3, -0.25) is 0 Å². The van der Waals surface area contributed by atoms with Crippen molar-refractivity contribution in [1.29, 1.82) is 0 Å². The first-order valence-corrected chi connectivity index (χ1v) is 5.74.